The summed E-state index contributed by atoms with van der Waals surface area (Å²) in [4.78, 5) is 8.56. The summed E-state index contributed by atoms with van der Waals surface area (Å²) in [6.07, 6.45) is 3.61. The summed E-state index contributed by atoms with van der Waals surface area (Å²) in [5, 5.41) is 3.36. The fourth-order valence-corrected chi connectivity index (χ4v) is 7.54. The summed E-state index contributed by atoms with van der Waals surface area (Å²) in [5.41, 5.74) is 10.9. The van der Waals surface area contributed by atoms with Gasteiger partial charge in [0.2, 0.25) is 4.58 Å². The first-order valence-electron chi connectivity index (χ1n) is 9.14. The van der Waals surface area contributed by atoms with Crippen LogP contribution in [-0.4, -0.2) is 26.5 Å². The van der Waals surface area contributed by atoms with E-state index in [0.29, 0.717) is 17.4 Å². The Labute approximate surface area is 175 Å². The normalized spacial score (nSPS) is 24.5. The van der Waals surface area contributed by atoms with Gasteiger partial charge in [0.15, 0.2) is 11.2 Å². The molecule has 0 saturated carbocycles. The highest BCUT2D eigenvalue weighted by Gasteiger charge is 2.46. The maximum absolute atomic E-state index is 11.9. The number of hydrogen-bond acceptors (Lipinski definition) is 6. The first kappa shape index (κ1) is 20.3. The molecule has 0 bridgehead atoms. The lowest BCUT2D eigenvalue weighted by Crippen LogP contribution is -2.29. The van der Waals surface area contributed by atoms with Crippen LogP contribution in [0, 0.1) is 0 Å². The molecule has 0 saturated heterocycles. The summed E-state index contributed by atoms with van der Waals surface area (Å²) >= 11 is 2.40. The van der Waals surface area contributed by atoms with Crippen LogP contribution in [0.25, 0.3) is 11.1 Å². The third kappa shape index (κ3) is 4.13. The molecule has 4 nitrogen and oxygen atoms in total. The van der Waals surface area contributed by atoms with Gasteiger partial charge in [0.1, 0.15) is 10.8 Å². The SMILES string of the molecule is NC1c2c(-c3ccccc3)cc(C3CC=CS3)nc2SC1[S+](O)CCCOF. The predicted octanol–water partition coefficient (Wildman–Crippen LogP) is 5.25. The number of fused-ring (bicyclic) bond motifs is 1. The minimum Gasteiger partial charge on any atom is -0.319 e. The number of benzene rings is 1. The minimum atomic E-state index is -0.943. The third-order valence-corrected chi connectivity index (χ3v) is 9.51. The molecule has 2 aromatic rings. The number of nitrogens with zero attached hydrogens (tertiary/aromatic N) is 1. The van der Waals surface area contributed by atoms with E-state index in [1.165, 1.54) is 0 Å². The molecule has 0 spiro atoms. The van der Waals surface area contributed by atoms with E-state index in [2.05, 4.69) is 34.6 Å². The van der Waals surface area contributed by atoms with E-state index in [1.807, 2.05) is 18.2 Å². The van der Waals surface area contributed by atoms with Gasteiger partial charge in [-0.3, -0.25) is 0 Å². The highest BCUT2D eigenvalue weighted by Crippen LogP contribution is 2.50. The molecule has 8 heteroatoms. The van der Waals surface area contributed by atoms with Gasteiger partial charge in [-0.05, 0) is 45.3 Å². The Morgan fingerprint density at radius 2 is 2.14 bits per heavy atom. The van der Waals surface area contributed by atoms with Gasteiger partial charge in [0.05, 0.1) is 23.6 Å². The lowest BCUT2D eigenvalue weighted by Gasteiger charge is -2.16. The van der Waals surface area contributed by atoms with E-state index < -0.39 is 11.2 Å². The van der Waals surface area contributed by atoms with Gasteiger partial charge in [-0.25, -0.2) is 4.98 Å². The molecule has 4 rings (SSSR count). The van der Waals surface area contributed by atoms with Crippen molar-refractivity contribution < 1.29 is 14.0 Å². The fourth-order valence-electron chi connectivity index (χ4n) is 3.48. The lowest BCUT2D eigenvalue weighted by atomic mass is 9.96. The highest BCUT2D eigenvalue weighted by atomic mass is 32.3. The summed E-state index contributed by atoms with van der Waals surface area (Å²) in [5.74, 6) is 0.471. The smallest absolute Gasteiger partial charge is 0.220 e. The first-order valence-corrected chi connectivity index (χ1v) is 12.4. The van der Waals surface area contributed by atoms with Gasteiger partial charge in [-0.15, -0.1) is 11.8 Å². The van der Waals surface area contributed by atoms with Crippen molar-refractivity contribution in [1.29, 1.82) is 0 Å². The zero-order chi connectivity index (χ0) is 19.5. The van der Waals surface area contributed by atoms with Crippen LogP contribution < -0.4 is 5.73 Å². The lowest BCUT2D eigenvalue weighted by molar-refractivity contribution is -0.131. The van der Waals surface area contributed by atoms with Crippen LogP contribution in [0.1, 0.15) is 35.4 Å². The Kier molecular flexibility index (Phi) is 6.65. The Hall–Kier alpha value is -1.03. The molecule has 4 unspecified atom stereocenters. The van der Waals surface area contributed by atoms with Crippen molar-refractivity contribution in [2.24, 2.45) is 5.73 Å². The number of rotatable bonds is 7. The number of nitrogens with two attached hydrogens (primary N) is 1. The van der Waals surface area contributed by atoms with Crippen LogP contribution in [0.5, 0.6) is 0 Å². The summed E-state index contributed by atoms with van der Waals surface area (Å²) < 4.78 is 22.4. The van der Waals surface area contributed by atoms with Gasteiger partial charge >= 0.3 is 0 Å². The second-order valence-electron chi connectivity index (χ2n) is 6.70. The van der Waals surface area contributed by atoms with Crippen LogP contribution in [-0.2, 0) is 16.1 Å². The average molecular weight is 438 g/mol. The molecule has 0 fully saturated rings. The maximum Gasteiger partial charge on any atom is 0.220 e. The molecule has 3 N–H and O–H groups in total. The van der Waals surface area contributed by atoms with Crippen LogP contribution in [0.4, 0.5) is 4.53 Å². The van der Waals surface area contributed by atoms with Gasteiger partial charge in [0.25, 0.3) is 0 Å². The molecule has 28 heavy (non-hydrogen) atoms. The molecule has 4 atom stereocenters. The van der Waals surface area contributed by atoms with E-state index in [9.17, 15) is 9.08 Å². The Bertz CT molecular complexity index is 845. The van der Waals surface area contributed by atoms with Crippen LogP contribution >= 0.6 is 23.5 Å². The predicted molar refractivity (Wildman–Crippen MR) is 117 cm³/mol. The molecular weight excluding hydrogens is 415 g/mol. The monoisotopic (exact) mass is 437 g/mol. The topological polar surface area (TPSA) is 68.4 Å². The zero-order valence-corrected chi connectivity index (χ0v) is 17.6. The average Bonchev–Trinajstić information content (AvgIpc) is 3.37. The van der Waals surface area contributed by atoms with E-state index in [0.717, 1.165) is 33.8 Å². The molecule has 148 valence electrons. The number of aromatic nitrogens is 1. The fraction of sp³-hybridized carbons (Fsp3) is 0.350. The zero-order valence-electron chi connectivity index (χ0n) is 15.2. The van der Waals surface area contributed by atoms with Crippen molar-refractivity contribution in [3.63, 3.8) is 0 Å². The van der Waals surface area contributed by atoms with E-state index in [1.54, 1.807) is 23.5 Å². The van der Waals surface area contributed by atoms with Gasteiger partial charge < -0.3 is 5.73 Å². The standard InChI is InChI=1S/C20H22FN2O2S3/c21-25-9-5-11-28(24)20-18(22)17-14(13-6-2-1-3-7-13)12-15(23-19(17)27-20)16-8-4-10-26-16/h1-4,6-7,10,12,16,18,20,24H,5,8-9,11,22H2/q+1. The molecule has 0 aliphatic carbocycles. The first-order chi connectivity index (χ1) is 13.7. The molecule has 2 aliphatic heterocycles. The van der Waals surface area contributed by atoms with Gasteiger partial charge in [-0.2, -0.15) is 9.49 Å². The van der Waals surface area contributed by atoms with Crippen molar-refractivity contribution in [2.75, 3.05) is 12.4 Å². The molecule has 1 aromatic carbocycles. The number of hydrogen-bond donors (Lipinski definition) is 2. The quantitative estimate of drug-likeness (QED) is 0.455. The Balaban J connectivity index is 1.68. The number of thioether (sulfide) groups is 2. The Morgan fingerprint density at radius 1 is 1.32 bits per heavy atom. The molecule has 0 radical (unpaired) electrons. The second-order valence-corrected chi connectivity index (χ2v) is 11.0. The Morgan fingerprint density at radius 3 is 2.86 bits per heavy atom. The van der Waals surface area contributed by atoms with Gasteiger partial charge in [-0.1, -0.05) is 36.4 Å². The summed E-state index contributed by atoms with van der Waals surface area (Å²) in [6, 6.07) is 12.1. The van der Waals surface area contributed by atoms with Crippen LogP contribution in [0.15, 0.2) is 52.9 Å². The second kappa shape index (κ2) is 9.19. The highest BCUT2D eigenvalue weighted by molar-refractivity contribution is 8.13. The van der Waals surface area contributed by atoms with E-state index >= 15 is 0 Å². The molecular formula is C20H22FN2O2S3+. The van der Waals surface area contributed by atoms with E-state index in [-0.39, 0.29) is 17.2 Å². The summed E-state index contributed by atoms with van der Waals surface area (Å²) in [6.45, 7) is -0.00675. The van der Waals surface area contributed by atoms with Gasteiger partial charge in [0, 0.05) is 12.0 Å². The minimum absolute atomic E-state index is 0.00675. The van der Waals surface area contributed by atoms with Crippen molar-refractivity contribution in [3.05, 3.63) is 59.1 Å². The molecule has 1 aromatic heterocycles. The molecule has 3 heterocycles. The van der Waals surface area contributed by atoms with Crippen molar-refractivity contribution in [1.82, 2.24) is 4.98 Å². The van der Waals surface area contributed by atoms with Crippen molar-refractivity contribution in [3.8, 4) is 11.1 Å². The van der Waals surface area contributed by atoms with Crippen LogP contribution in [0.2, 0.25) is 0 Å². The van der Waals surface area contributed by atoms with E-state index in [4.69, 9.17) is 10.7 Å². The number of pyridine rings is 1. The number of allylic oxidation sites excluding steroid dienone is 1. The molecule has 2 aliphatic rings. The number of halogens is 1. The van der Waals surface area contributed by atoms with Crippen molar-refractivity contribution >= 4 is 34.7 Å². The largest absolute Gasteiger partial charge is 0.319 e. The third-order valence-electron chi connectivity index (χ3n) is 4.84. The van der Waals surface area contributed by atoms with Crippen molar-refractivity contribution in [2.45, 2.75) is 33.7 Å². The maximum atomic E-state index is 11.9. The van der Waals surface area contributed by atoms with Crippen LogP contribution in [0.3, 0.4) is 0 Å². The summed E-state index contributed by atoms with van der Waals surface area (Å²) in [7, 11) is 0. The molecule has 0 amide bonds.